The van der Waals surface area contributed by atoms with E-state index in [9.17, 15) is 4.79 Å². The fraction of sp³-hybridized carbons (Fsp3) is 0.350. The van der Waals surface area contributed by atoms with Gasteiger partial charge in [-0.15, -0.1) is 0 Å². The maximum Gasteiger partial charge on any atom is 0.412 e. The number of likely N-dealkylation sites (N-methyl/N-ethyl adjacent to an activating group) is 1. The van der Waals surface area contributed by atoms with E-state index in [1.807, 2.05) is 25.1 Å². The molecule has 1 heterocycles. The van der Waals surface area contributed by atoms with Gasteiger partial charge in [-0.1, -0.05) is 41.9 Å². The topological polar surface area (TPSA) is 41.6 Å². The molecule has 0 aliphatic carbocycles. The van der Waals surface area contributed by atoms with Crippen LogP contribution in [0.4, 0.5) is 4.79 Å². The molecule has 2 aromatic rings. The predicted molar refractivity (Wildman–Crippen MR) is 101 cm³/mol. The van der Waals surface area contributed by atoms with Gasteiger partial charge < -0.3 is 15.0 Å². The Morgan fingerprint density at radius 2 is 2.08 bits per heavy atom. The fourth-order valence-corrected chi connectivity index (χ4v) is 3.52. The zero-order valence-electron chi connectivity index (χ0n) is 14.6. The minimum atomic E-state index is -0.480. The smallest absolute Gasteiger partial charge is 0.409 e. The van der Waals surface area contributed by atoms with Gasteiger partial charge in [0.25, 0.3) is 0 Å². The van der Waals surface area contributed by atoms with Crippen LogP contribution in [0.5, 0.6) is 5.75 Å². The van der Waals surface area contributed by atoms with Crippen molar-refractivity contribution in [3.05, 3.63) is 64.2 Å². The van der Waals surface area contributed by atoms with Crippen LogP contribution in [0.25, 0.3) is 0 Å². The number of carbonyl (C=O) groups is 1. The summed E-state index contributed by atoms with van der Waals surface area (Å²) in [5.74, 6) is 0.634. The summed E-state index contributed by atoms with van der Waals surface area (Å²) in [6, 6.07) is 14.3. The van der Waals surface area contributed by atoms with E-state index in [0.717, 1.165) is 19.5 Å². The largest absolute Gasteiger partial charge is 0.412 e. The minimum Gasteiger partial charge on any atom is -0.409 e. The average molecular weight is 359 g/mol. The Balaban J connectivity index is 2.02. The molecule has 25 heavy (non-hydrogen) atoms. The lowest BCUT2D eigenvalue weighted by Gasteiger charge is -2.22. The molecule has 1 unspecified atom stereocenters. The van der Waals surface area contributed by atoms with Crippen molar-refractivity contribution in [2.24, 2.45) is 0 Å². The van der Waals surface area contributed by atoms with Gasteiger partial charge in [0.1, 0.15) is 0 Å². The zero-order chi connectivity index (χ0) is 17.8. The summed E-state index contributed by atoms with van der Waals surface area (Å²) in [7, 11) is 2.13. The van der Waals surface area contributed by atoms with Crippen molar-refractivity contribution in [1.82, 2.24) is 10.2 Å². The molecule has 1 aliphatic rings. The van der Waals surface area contributed by atoms with Crippen LogP contribution >= 0.6 is 11.6 Å². The van der Waals surface area contributed by atoms with Crippen molar-refractivity contribution in [3.63, 3.8) is 0 Å². The second-order valence-electron chi connectivity index (χ2n) is 6.38. The highest BCUT2D eigenvalue weighted by Crippen LogP contribution is 2.37. The van der Waals surface area contributed by atoms with Crippen molar-refractivity contribution >= 4 is 17.7 Å². The van der Waals surface area contributed by atoms with E-state index in [1.54, 1.807) is 0 Å². The highest BCUT2D eigenvalue weighted by Gasteiger charge is 2.25. The Morgan fingerprint density at radius 3 is 2.80 bits per heavy atom. The first-order valence-corrected chi connectivity index (χ1v) is 8.97. The number of ether oxygens (including phenoxy) is 1. The van der Waals surface area contributed by atoms with Gasteiger partial charge in [-0.25, -0.2) is 4.79 Å². The Kier molecular flexibility index (Phi) is 5.61. The van der Waals surface area contributed by atoms with Gasteiger partial charge in [-0.05, 0) is 49.2 Å². The molecule has 0 aromatic heterocycles. The summed E-state index contributed by atoms with van der Waals surface area (Å²) < 4.78 is 5.41. The van der Waals surface area contributed by atoms with E-state index >= 15 is 0 Å². The number of amides is 1. The van der Waals surface area contributed by atoms with E-state index in [-0.39, 0.29) is 5.92 Å². The third-order valence-electron chi connectivity index (χ3n) is 4.55. The maximum atomic E-state index is 11.8. The standard InChI is InChI=1S/C20H23ClN2O2/c1-3-22-20(24)25-19-12-16-15(11-18(19)21)9-10-23(2)13-17(16)14-7-5-4-6-8-14/h4-8,11-12,17H,3,9-10,13H2,1-2H3,(H,22,24). The molecule has 1 amide bonds. The van der Waals surface area contributed by atoms with Crippen molar-refractivity contribution < 1.29 is 9.53 Å². The van der Waals surface area contributed by atoms with Crippen LogP contribution in [0.1, 0.15) is 29.5 Å². The molecule has 0 spiro atoms. The zero-order valence-corrected chi connectivity index (χ0v) is 15.3. The van der Waals surface area contributed by atoms with Crippen molar-refractivity contribution in [3.8, 4) is 5.75 Å². The first kappa shape index (κ1) is 17.8. The second-order valence-corrected chi connectivity index (χ2v) is 6.78. The first-order valence-electron chi connectivity index (χ1n) is 8.60. The summed E-state index contributed by atoms with van der Waals surface area (Å²) in [6.45, 7) is 4.25. The van der Waals surface area contributed by atoms with Crippen molar-refractivity contribution in [2.45, 2.75) is 19.3 Å². The summed E-state index contributed by atoms with van der Waals surface area (Å²) in [5.41, 5.74) is 3.65. The Morgan fingerprint density at radius 1 is 1.32 bits per heavy atom. The Hall–Kier alpha value is -2.04. The molecular formula is C20H23ClN2O2. The minimum absolute atomic E-state index is 0.220. The molecule has 0 saturated carbocycles. The van der Waals surface area contributed by atoms with Crippen LogP contribution in [-0.4, -0.2) is 37.7 Å². The third-order valence-corrected chi connectivity index (χ3v) is 4.85. The molecule has 1 atom stereocenters. The number of rotatable bonds is 3. The molecular weight excluding hydrogens is 336 g/mol. The van der Waals surface area contributed by atoms with Crippen LogP contribution in [0.3, 0.4) is 0 Å². The summed E-state index contributed by atoms with van der Waals surface area (Å²) >= 11 is 6.37. The number of fused-ring (bicyclic) bond motifs is 1. The molecule has 3 rings (SSSR count). The summed E-state index contributed by atoms with van der Waals surface area (Å²) in [4.78, 5) is 14.1. The van der Waals surface area contributed by atoms with Gasteiger partial charge in [-0.2, -0.15) is 0 Å². The number of nitrogens with one attached hydrogen (secondary N) is 1. The van der Waals surface area contributed by atoms with Gasteiger partial charge >= 0.3 is 6.09 Å². The van der Waals surface area contributed by atoms with Gasteiger partial charge in [0.2, 0.25) is 0 Å². The monoisotopic (exact) mass is 358 g/mol. The number of nitrogens with zero attached hydrogens (tertiary/aromatic N) is 1. The number of hydrogen-bond donors (Lipinski definition) is 1. The fourth-order valence-electron chi connectivity index (χ4n) is 3.29. The number of carbonyl (C=O) groups excluding carboxylic acids is 1. The van der Waals surface area contributed by atoms with Crippen LogP contribution in [0.2, 0.25) is 5.02 Å². The lowest BCUT2D eigenvalue weighted by Crippen LogP contribution is -2.26. The van der Waals surface area contributed by atoms with E-state index < -0.39 is 6.09 Å². The highest BCUT2D eigenvalue weighted by atomic mass is 35.5. The molecule has 0 radical (unpaired) electrons. The first-order chi connectivity index (χ1) is 12.1. The molecule has 132 valence electrons. The second kappa shape index (κ2) is 7.89. The maximum absolute atomic E-state index is 11.8. The van der Waals surface area contributed by atoms with Crippen LogP contribution in [0, 0.1) is 0 Å². The van der Waals surface area contributed by atoms with Gasteiger partial charge in [-0.3, -0.25) is 0 Å². The van der Waals surface area contributed by atoms with Gasteiger partial charge in [0.05, 0.1) is 5.02 Å². The lowest BCUT2D eigenvalue weighted by atomic mass is 9.88. The van der Waals surface area contributed by atoms with Crippen LogP contribution in [0.15, 0.2) is 42.5 Å². The molecule has 5 heteroatoms. The molecule has 2 aromatic carbocycles. The number of halogens is 1. The van der Waals surface area contributed by atoms with Crippen LogP contribution < -0.4 is 10.1 Å². The molecule has 0 saturated heterocycles. The van der Waals surface area contributed by atoms with E-state index in [0.29, 0.717) is 17.3 Å². The van der Waals surface area contributed by atoms with Crippen molar-refractivity contribution in [1.29, 1.82) is 0 Å². The predicted octanol–water partition coefficient (Wildman–Crippen LogP) is 4.07. The lowest BCUT2D eigenvalue weighted by molar-refractivity contribution is 0.201. The number of hydrogen-bond acceptors (Lipinski definition) is 3. The molecule has 4 nitrogen and oxygen atoms in total. The molecule has 0 bridgehead atoms. The average Bonchev–Trinajstić information content (AvgIpc) is 2.76. The summed E-state index contributed by atoms with van der Waals surface area (Å²) in [6.07, 6.45) is 0.447. The Bertz CT molecular complexity index is 749. The third kappa shape index (κ3) is 4.14. The van der Waals surface area contributed by atoms with E-state index in [4.69, 9.17) is 16.3 Å². The van der Waals surface area contributed by atoms with E-state index in [2.05, 4.69) is 41.5 Å². The van der Waals surface area contributed by atoms with E-state index in [1.165, 1.54) is 16.7 Å². The SMILES string of the molecule is CCNC(=O)Oc1cc2c(cc1Cl)CCN(C)CC2c1ccccc1. The number of benzene rings is 2. The van der Waals surface area contributed by atoms with Gasteiger partial charge in [0.15, 0.2) is 5.75 Å². The van der Waals surface area contributed by atoms with Gasteiger partial charge in [0, 0.05) is 25.6 Å². The molecule has 1 aliphatic heterocycles. The van der Waals surface area contributed by atoms with Crippen molar-refractivity contribution in [2.75, 3.05) is 26.7 Å². The highest BCUT2D eigenvalue weighted by molar-refractivity contribution is 6.32. The molecule has 0 fully saturated rings. The summed E-state index contributed by atoms with van der Waals surface area (Å²) in [5, 5.41) is 3.11. The quantitative estimate of drug-likeness (QED) is 0.899. The molecule has 1 N–H and O–H groups in total. The normalized spacial score (nSPS) is 17.5. The van der Waals surface area contributed by atoms with Crippen LogP contribution in [-0.2, 0) is 6.42 Å². The Labute approximate surface area is 153 Å².